The summed E-state index contributed by atoms with van der Waals surface area (Å²) < 4.78 is 19.0. The summed E-state index contributed by atoms with van der Waals surface area (Å²) in [4.78, 5) is 42.5. The number of hydrogen-bond acceptors (Lipinski definition) is 5. The summed E-state index contributed by atoms with van der Waals surface area (Å²) in [5, 5.41) is 5.39. The number of pyridine rings is 1. The van der Waals surface area contributed by atoms with Crippen LogP contribution in [0, 0.1) is 5.95 Å². The van der Waals surface area contributed by atoms with Gasteiger partial charge in [0, 0.05) is 43.0 Å². The summed E-state index contributed by atoms with van der Waals surface area (Å²) in [5.41, 5.74) is 1.71. The van der Waals surface area contributed by atoms with E-state index in [2.05, 4.69) is 15.6 Å². The molecule has 1 aliphatic rings. The van der Waals surface area contributed by atoms with Crippen molar-refractivity contribution in [3.63, 3.8) is 0 Å². The van der Waals surface area contributed by atoms with Crippen LogP contribution in [0.1, 0.15) is 58.6 Å². The molecule has 0 unspecified atom stereocenters. The highest BCUT2D eigenvalue weighted by Crippen LogP contribution is 2.24. The van der Waals surface area contributed by atoms with Crippen molar-refractivity contribution in [3.05, 3.63) is 77.6 Å². The average molecular weight is 493 g/mol. The minimum Gasteiger partial charge on any atom is -0.451 e. The molecule has 188 valence electrons. The van der Waals surface area contributed by atoms with Gasteiger partial charge < -0.3 is 20.0 Å². The molecular weight excluding hydrogens is 463 g/mol. The molecule has 0 bridgehead atoms. The average Bonchev–Trinajstić information content (AvgIpc) is 3.41. The molecule has 0 saturated heterocycles. The second-order valence-electron chi connectivity index (χ2n) is 8.89. The molecule has 0 aliphatic heterocycles. The first-order valence-electron chi connectivity index (χ1n) is 12.0. The smallest absolute Gasteiger partial charge is 0.287 e. The summed E-state index contributed by atoms with van der Waals surface area (Å²) in [6.07, 6.45) is 6.71. The second-order valence-corrected chi connectivity index (χ2v) is 8.89. The van der Waals surface area contributed by atoms with Crippen molar-refractivity contribution >= 4 is 17.7 Å². The van der Waals surface area contributed by atoms with Gasteiger partial charge in [-0.05, 0) is 42.7 Å². The van der Waals surface area contributed by atoms with Crippen molar-refractivity contribution in [2.24, 2.45) is 0 Å². The molecule has 9 heteroatoms. The Morgan fingerprint density at radius 3 is 2.61 bits per heavy atom. The quantitative estimate of drug-likeness (QED) is 0.464. The van der Waals surface area contributed by atoms with Gasteiger partial charge in [0.1, 0.15) is 5.76 Å². The van der Waals surface area contributed by atoms with Crippen LogP contribution in [-0.4, -0.2) is 47.2 Å². The molecule has 36 heavy (non-hydrogen) atoms. The van der Waals surface area contributed by atoms with E-state index in [1.165, 1.54) is 18.7 Å². The van der Waals surface area contributed by atoms with Crippen LogP contribution in [0.15, 0.2) is 59.1 Å². The van der Waals surface area contributed by atoms with Crippen LogP contribution in [0.25, 0.3) is 11.3 Å². The number of furan rings is 1. The fourth-order valence-corrected chi connectivity index (χ4v) is 4.32. The van der Waals surface area contributed by atoms with Gasteiger partial charge >= 0.3 is 0 Å². The van der Waals surface area contributed by atoms with Crippen LogP contribution >= 0.6 is 0 Å². The molecule has 1 saturated carbocycles. The van der Waals surface area contributed by atoms with Crippen LogP contribution in [0.3, 0.4) is 0 Å². The normalized spacial score (nSPS) is 13.7. The molecule has 2 aromatic heterocycles. The van der Waals surface area contributed by atoms with Crippen molar-refractivity contribution in [1.82, 2.24) is 20.5 Å². The number of carbonyl (C=O) groups is 3. The number of benzene rings is 1. The highest BCUT2D eigenvalue weighted by atomic mass is 19.1. The number of carbonyl (C=O) groups excluding carboxylic acids is 3. The van der Waals surface area contributed by atoms with Gasteiger partial charge in [-0.15, -0.1) is 0 Å². The summed E-state index contributed by atoms with van der Waals surface area (Å²) in [5.74, 6) is -1.12. The zero-order valence-electron chi connectivity index (χ0n) is 20.1. The van der Waals surface area contributed by atoms with Crippen LogP contribution in [-0.2, 0) is 11.3 Å². The molecule has 3 aromatic rings. The maximum atomic E-state index is 13.2. The van der Waals surface area contributed by atoms with Crippen molar-refractivity contribution in [1.29, 1.82) is 0 Å². The topological polar surface area (TPSA) is 105 Å². The Morgan fingerprint density at radius 1 is 1.03 bits per heavy atom. The minimum atomic E-state index is -0.720. The van der Waals surface area contributed by atoms with Gasteiger partial charge in [0.2, 0.25) is 11.9 Å². The second kappa shape index (κ2) is 11.6. The van der Waals surface area contributed by atoms with E-state index in [0.717, 1.165) is 42.9 Å². The SMILES string of the molecule is CN(C(=O)CNC(=O)c1ccc(-c2cccc(CNC(=O)c3ccnc(F)c3)c2)o1)C1CCCCC1. The Labute approximate surface area is 208 Å². The molecule has 8 nitrogen and oxygen atoms in total. The first-order valence-corrected chi connectivity index (χ1v) is 12.0. The Morgan fingerprint density at radius 2 is 1.83 bits per heavy atom. The van der Waals surface area contributed by atoms with E-state index < -0.39 is 17.8 Å². The van der Waals surface area contributed by atoms with Gasteiger partial charge in [0.15, 0.2) is 5.76 Å². The van der Waals surface area contributed by atoms with E-state index in [1.54, 1.807) is 24.1 Å². The molecule has 0 spiro atoms. The zero-order valence-corrected chi connectivity index (χ0v) is 20.1. The highest BCUT2D eigenvalue weighted by molar-refractivity contribution is 5.95. The zero-order chi connectivity index (χ0) is 25.5. The monoisotopic (exact) mass is 492 g/mol. The Bertz CT molecular complexity index is 1240. The molecule has 0 radical (unpaired) electrons. The van der Waals surface area contributed by atoms with Crippen LogP contribution in [0.2, 0.25) is 0 Å². The summed E-state index contributed by atoms with van der Waals surface area (Å²) in [6, 6.07) is 13.3. The number of rotatable bonds is 8. The van der Waals surface area contributed by atoms with Crippen molar-refractivity contribution < 1.29 is 23.2 Å². The van der Waals surface area contributed by atoms with Gasteiger partial charge in [-0.3, -0.25) is 14.4 Å². The molecule has 4 rings (SSSR count). The number of nitrogens with zero attached hydrogens (tertiary/aromatic N) is 2. The maximum absolute atomic E-state index is 13.2. The lowest BCUT2D eigenvalue weighted by Crippen LogP contribution is -2.44. The number of halogens is 1. The van der Waals surface area contributed by atoms with Gasteiger partial charge in [-0.2, -0.15) is 4.39 Å². The van der Waals surface area contributed by atoms with Gasteiger partial charge in [0.25, 0.3) is 11.8 Å². The summed E-state index contributed by atoms with van der Waals surface area (Å²) in [7, 11) is 1.79. The minimum absolute atomic E-state index is 0.0849. The van der Waals surface area contributed by atoms with Crippen molar-refractivity contribution in [2.45, 2.75) is 44.7 Å². The van der Waals surface area contributed by atoms with E-state index in [4.69, 9.17) is 4.42 Å². The number of hydrogen-bond donors (Lipinski definition) is 2. The fraction of sp³-hybridized carbons (Fsp3) is 0.333. The van der Waals surface area contributed by atoms with Crippen LogP contribution in [0.4, 0.5) is 4.39 Å². The van der Waals surface area contributed by atoms with Gasteiger partial charge in [-0.25, -0.2) is 4.98 Å². The molecule has 1 fully saturated rings. The third-order valence-corrected chi connectivity index (χ3v) is 6.40. The number of amides is 3. The molecule has 2 heterocycles. The molecular formula is C27H29FN4O4. The van der Waals surface area contributed by atoms with E-state index in [9.17, 15) is 18.8 Å². The van der Waals surface area contributed by atoms with Gasteiger partial charge in [0.05, 0.1) is 6.54 Å². The molecule has 2 N–H and O–H groups in total. The molecule has 1 aromatic carbocycles. The standard InChI is InChI=1S/C27H29FN4O4/c1-32(21-8-3-2-4-9-21)25(33)17-31-27(35)23-11-10-22(36-23)19-7-5-6-18(14-19)16-30-26(34)20-12-13-29-24(28)15-20/h5-7,10-15,21H,2-4,8-9,16-17H2,1H3,(H,30,34)(H,31,35). The van der Waals surface area contributed by atoms with Crippen LogP contribution in [0.5, 0.6) is 0 Å². The lowest BCUT2D eigenvalue weighted by Gasteiger charge is -2.31. The number of likely N-dealkylation sites (N-methyl/N-ethyl adjacent to an activating group) is 1. The maximum Gasteiger partial charge on any atom is 0.287 e. The lowest BCUT2D eigenvalue weighted by atomic mass is 9.94. The summed E-state index contributed by atoms with van der Waals surface area (Å²) >= 11 is 0. The summed E-state index contributed by atoms with van der Waals surface area (Å²) in [6.45, 7) is 0.139. The number of aromatic nitrogens is 1. The number of nitrogens with one attached hydrogen (secondary N) is 2. The Balaban J connectivity index is 1.32. The largest absolute Gasteiger partial charge is 0.451 e. The van der Waals surface area contributed by atoms with E-state index in [0.29, 0.717) is 5.76 Å². The first-order chi connectivity index (χ1) is 17.4. The third kappa shape index (κ3) is 6.35. The third-order valence-electron chi connectivity index (χ3n) is 6.40. The lowest BCUT2D eigenvalue weighted by molar-refractivity contribution is -0.131. The molecule has 3 amide bonds. The Kier molecular flexibility index (Phi) is 8.10. The molecule has 1 aliphatic carbocycles. The van der Waals surface area contributed by atoms with Crippen LogP contribution < -0.4 is 10.6 Å². The fourth-order valence-electron chi connectivity index (χ4n) is 4.32. The van der Waals surface area contributed by atoms with E-state index in [-0.39, 0.29) is 36.4 Å². The Hall–Kier alpha value is -4.01. The van der Waals surface area contributed by atoms with E-state index in [1.807, 2.05) is 24.3 Å². The van der Waals surface area contributed by atoms with Crippen molar-refractivity contribution in [2.75, 3.05) is 13.6 Å². The first kappa shape index (κ1) is 25.1. The van der Waals surface area contributed by atoms with Gasteiger partial charge in [-0.1, -0.05) is 37.5 Å². The van der Waals surface area contributed by atoms with Crippen molar-refractivity contribution in [3.8, 4) is 11.3 Å². The predicted molar refractivity (Wildman–Crippen MR) is 131 cm³/mol. The predicted octanol–water partition coefficient (Wildman–Crippen LogP) is 3.93. The highest BCUT2D eigenvalue weighted by Gasteiger charge is 2.23. The molecule has 0 atom stereocenters. The van der Waals surface area contributed by atoms with E-state index >= 15 is 0 Å².